The molecule has 0 spiro atoms. The summed E-state index contributed by atoms with van der Waals surface area (Å²) < 4.78 is 10.4. The van der Waals surface area contributed by atoms with Crippen molar-refractivity contribution in [2.24, 2.45) is 0 Å². The van der Waals surface area contributed by atoms with Crippen LogP contribution in [0.25, 0.3) is 0 Å². The number of esters is 1. The van der Waals surface area contributed by atoms with Crippen LogP contribution in [0.3, 0.4) is 0 Å². The van der Waals surface area contributed by atoms with Gasteiger partial charge in [-0.1, -0.05) is 11.6 Å². The van der Waals surface area contributed by atoms with Gasteiger partial charge in [0.1, 0.15) is 0 Å². The highest BCUT2D eigenvalue weighted by atomic mass is 28.4. The molecule has 0 saturated heterocycles. The number of ether oxygens (including phenoxy) is 1. The second-order valence-corrected chi connectivity index (χ2v) is 9.98. The van der Waals surface area contributed by atoms with Gasteiger partial charge in [0, 0.05) is 6.42 Å². The van der Waals surface area contributed by atoms with Gasteiger partial charge in [0.2, 0.25) is 5.78 Å². The van der Waals surface area contributed by atoms with Crippen LogP contribution in [0.2, 0.25) is 19.6 Å². The molecule has 0 radical (unpaired) electrons. The summed E-state index contributed by atoms with van der Waals surface area (Å²) >= 11 is 0. The standard InChI is InChI=1S/C14H26O4Si/c1-6-17-14(16)13(15)9-7-8-12(2)10-11-18-19(3,4)5/h10H,6-9,11H2,1-5H3. The average molecular weight is 286 g/mol. The van der Waals surface area contributed by atoms with E-state index in [1.807, 2.05) is 13.0 Å². The van der Waals surface area contributed by atoms with E-state index in [4.69, 9.17) is 4.43 Å². The van der Waals surface area contributed by atoms with E-state index in [2.05, 4.69) is 24.4 Å². The van der Waals surface area contributed by atoms with Crippen LogP contribution in [-0.4, -0.2) is 33.3 Å². The van der Waals surface area contributed by atoms with Crippen LogP contribution >= 0.6 is 0 Å². The van der Waals surface area contributed by atoms with Crippen LogP contribution in [-0.2, 0) is 18.8 Å². The molecule has 0 aliphatic heterocycles. The summed E-state index contributed by atoms with van der Waals surface area (Å²) in [4.78, 5) is 22.4. The monoisotopic (exact) mass is 286 g/mol. The summed E-state index contributed by atoms with van der Waals surface area (Å²) in [5.74, 6) is -1.15. The first-order chi connectivity index (χ1) is 8.76. The molecule has 0 fully saturated rings. The van der Waals surface area contributed by atoms with Gasteiger partial charge in [-0.15, -0.1) is 0 Å². The Bertz CT molecular complexity index is 329. The molecule has 0 rings (SSSR count). The molecule has 0 aliphatic carbocycles. The molecule has 0 aromatic rings. The summed E-state index contributed by atoms with van der Waals surface area (Å²) in [7, 11) is -1.46. The molecule has 0 bridgehead atoms. The van der Waals surface area contributed by atoms with Crippen molar-refractivity contribution >= 4 is 20.1 Å². The largest absolute Gasteiger partial charge is 0.460 e. The van der Waals surface area contributed by atoms with Gasteiger partial charge in [-0.3, -0.25) is 4.79 Å². The molecular formula is C14H26O4Si. The van der Waals surface area contributed by atoms with Gasteiger partial charge in [0.05, 0.1) is 13.2 Å². The summed E-state index contributed by atoms with van der Waals surface area (Å²) in [6.45, 7) is 11.0. The Morgan fingerprint density at radius 1 is 1.16 bits per heavy atom. The van der Waals surface area contributed by atoms with Crippen LogP contribution in [0.1, 0.15) is 33.1 Å². The predicted octanol–water partition coefficient (Wildman–Crippen LogP) is 3.09. The maximum atomic E-state index is 11.3. The Morgan fingerprint density at radius 3 is 2.32 bits per heavy atom. The van der Waals surface area contributed by atoms with Gasteiger partial charge in [0.25, 0.3) is 0 Å². The van der Waals surface area contributed by atoms with E-state index >= 15 is 0 Å². The third-order valence-corrected chi connectivity index (χ3v) is 3.46. The molecule has 5 heteroatoms. The van der Waals surface area contributed by atoms with Crippen molar-refractivity contribution in [3.63, 3.8) is 0 Å². The average Bonchev–Trinajstić information content (AvgIpc) is 2.27. The third-order valence-electron chi connectivity index (χ3n) is 2.43. The molecule has 0 aromatic heterocycles. The zero-order chi connectivity index (χ0) is 14.9. The van der Waals surface area contributed by atoms with Crippen LogP contribution in [0.15, 0.2) is 11.6 Å². The lowest BCUT2D eigenvalue weighted by Gasteiger charge is -2.15. The Kier molecular flexibility index (Phi) is 8.59. The smallest absolute Gasteiger partial charge is 0.374 e. The second-order valence-electron chi connectivity index (χ2n) is 5.47. The number of carbonyl (C=O) groups excluding carboxylic acids is 2. The lowest BCUT2D eigenvalue weighted by atomic mass is 10.1. The molecule has 110 valence electrons. The molecule has 0 saturated carbocycles. The fourth-order valence-electron chi connectivity index (χ4n) is 1.38. The highest BCUT2D eigenvalue weighted by Crippen LogP contribution is 2.09. The number of hydrogen-bond donors (Lipinski definition) is 0. The van der Waals surface area contributed by atoms with Crippen LogP contribution < -0.4 is 0 Å². The second kappa shape index (κ2) is 9.04. The van der Waals surface area contributed by atoms with E-state index in [1.54, 1.807) is 6.92 Å². The fraction of sp³-hybridized carbons (Fsp3) is 0.714. The van der Waals surface area contributed by atoms with Gasteiger partial charge in [-0.25, -0.2) is 4.79 Å². The highest BCUT2D eigenvalue weighted by Gasteiger charge is 2.14. The minimum absolute atomic E-state index is 0.248. The van der Waals surface area contributed by atoms with Gasteiger partial charge in [-0.2, -0.15) is 0 Å². The normalized spacial score (nSPS) is 12.4. The molecule has 0 N–H and O–H groups in total. The van der Waals surface area contributed by atoms with E-state index in [0.29, 0.717) is 13.0 Å². The fourth-order valence-corrected chi connectivity index (χ4v) is 1.96. The first-order valence-corrected chi connectivity index (χ1v) is 10.2. The Balaban J connectivity index is 3.85. The lowest BCUT2D eigenvalue weighted by Crippen LogP contribution is -2.25. The molecule has 0 heterocycles. The maximum absolute atomic E-state index is 11.3. The first kappa shape index (κ1) is 18.1. The van der Waals surface area contributed by atoms with Crippen molar-refractivity contribution in [2.75, 3.05) is 13.2 Å². The number of ketones is 1. The van der Waals surface area contributed by atoms with Gasteiger partial charge >= 0.3 is 5.97 Å². The highest BCUT2D eigenvalue weighted by molar-refractivity contribution is 6.69. The molecule has 0 atom stereocenters. The van der Waals surface area contributed by atoms with E-state index in [9.17, 15) is 9.59 Å². The van der Waals surface area contributed by atoms with E-state index in [0.717, 1.165) is 6.42 Å². The zero-order valence-corrected chi connectivity index (χ0v) is 13.7. The number of rotatable bonds is 9. The van der Waals surface area contributed by atoms with Crippen LogP contribution in [0, 0.1) is 0 Å². The minimum atomic E-state index is -1.46. The Morgan fingerprint density at radius 2 is 1.79 bits per heavy atom. The van der Waals surface area contributed by atoms with E-state index in [1.165, 1.54) is 5.57 Å². The summed E-state index contributed by atoms with van der Waals surface area (Å²) in [5, 5.41) is 0. The SMILES string of the molecule is CCOC(=O)C(=O)CCCC(C)=CCO[Si](C)(C)C. The van der Waals surface area contributed by atoms with Crippen LogP contribution in [0.5, 0.6) is 0 Å². The molecule has 0 aromatic carbocycles. The lowest BCUT2D eigenvalue weighted by molar-refractivity contribution is -0.153. The molecule has 0 amide bonds. The zero-order valence-electron chi connectivity index (χ0n) is 12.7. The summed E-state index contributed by atoms with van der Waals surface area (Å²) in [5.41, 5.74) is 1.19. The Hall–Kier alpha value is -0.943. The molecule has 4 nitrogen and oxygen atoms in total. The number of hydrogen-bond acceptors (Lipinski definition) is 4. The Labute approximate surface area is 117 Å². The molecule has 0 aliphatic rings. The van der Waals surface area contributed by atoms with E-state index < -0.39 is 20.1 Å². The van der Waals surface area contributed by atoms with Crippen molar-refractivity contribution in [1.82, 2.24) is 0 Å². The van der Waals surface area contributed by atoms with Gasteiger partial charge < -0.3 is 9.16 Å². The summed E-state index contributed by atoms with van der Waals surface area (Å²) in [6.07, 6.45) is 3.78. The third kappa shape index (κ3) is 10.6. The topological polar surface area (TPSA) is 52.6 Å². The molecule has 19 heavy (non-hydrogen) atoms. The summed E-state index contributed by atoms with van der Waals surface area (Å²) in [6, 6.07) is 0. The maximum Gasteiger partial charge on any atom is 0.374 e. The molecular weight excluding hydrogens is 260 g/mol. The van der Waals surface area contributed by atoms with Gasteiger partial charge in [0.15, 0.2) is 8.32 Å². The van der Waals surface area contributed by atoms with Crippen molar-refractivity contribution < 1.29 is 18.8 Å². The molecule has 0 unspecified atom stereocenters. The number of allylic oxidation sites excluding steroid dienone is 1. The van der Waals surface area contributed by atoms with Crippen molar-refractivity contribution in [1.29, 1.82) is 0 Å². The first-order valence-electron chi connectivity index (χ1n) is 6.75. The number of Topliss-reactive ketones (excluding diaryl/α,β-unsaturated/α-hetero) is 1. The van der Waals surface area contributed by atoms with Crippen molar-refractivity contribution in [2.45, 2.75) is 52.8 Å². The van der Waals surface area contributed by atoms with E-state index in [-0.39, 0.29) is 13.0 Å². The quantitative estimate of drug-likeness (QED) is 0.283. The van der Waals surface area contributed by atoms with Crippen LogP contribution in [0.4, 0.5) is 0 Å². The van der Waals surface area contributed by atoms with Gasteiger partial charge in [-0.05, 0) is 46.3 Å². The number of carbonyl (C=O) groups is 2. The predicted molar refractivity (Wildman–Crippen MR) is 78.5 cm³/mol. The van der Waals surface area contributed by atoms with Crippen molar-refractivity contribution in [3.8, 4) is 0 Å². The minimum Gasteiger partial charge on any atom is -0.460 e. The van der Waals surface area contributed by atoms with Crippen molar-refractivity contribution in [3.05, 3.63) is 11.6 Å².